The highest BCUT2D eigenvalue weighted by Gasteiger charge is 2.21. The summed E-state index contributed by atoms with van der Waals surface area (Å²) in [4.78, 5) is 20.5. The first-order valence-corrected chi connectivity index (χ1v) is 7.07. The second-order valence-corrected chi connectivity index (χ2v) is 5.04. The third-order valence-electron chi connectivity index (χ3n) is 3.60. The molecule has 7 nitrogen and oxygen atoms in total. The number of hydrogen-bond donors (Lipinski definition) is 2. The number of aromatic nitrogens is 1. The molecule has 1 fully saturated rings. The summed E-state index contributed by atoms with van der Waals surface area (Å²) in [7, 11) is 1.35. The maximum Gasteiger partial charge on any atom is 0.341 e. The standard InChI is InChI=1S/C14H22N4O3/c1-21-14(20)12-9-11(15)10-16-13(12)18-4-2-3-17(5-6-18)7-8-19/h9-10,19H,2-8,15H2,1H3. The number of rotatable bonds is 4. The first-order chi connectivity index (χ1) is 10.2. The van der Waals surface area contributed by atoms with Crippen LogP contribution in [0.15, 0.2) is 12.3 Å². The zero-order valence-corrected chi connectivity index (χ0v) is 12.3. The van der Waals surface area contributed by atoms with E-state index in [-0.39, 0.29) is 6.61 Å². The van der Waals surface area contributed by atoms with E-state index < -0.39 is 5.97 Å². The van der Waals surface area contributed by atoms with Crippen molar-refractivity contribution in [2.24, 2.45) is 0 Å². The third kappa shape index (κ3) is 3.83. The van der Waals surface area contributed by atoms with Gasteiger partial charge in [0.2, 0.25) is 0 Å². The molecule has 7 heteroatoms. The Morgan fingerprint density at radius 1 is 1.43 bits per heavy atom. The Kier molecular flexibility index (Phi) is 5.35. The fourth-order valence-electron chi connectivity index (χ4n) is 2.53. The number of nitrogens with two attached hydrogens (primary N) is 1. The van der Waals surface area contributed by atoms with Crippen LogP contribution < -0.4 is 10.6 Å². The molecule has 0 aliphatic carbocycles. The monoisotopic (exact) mass is 294 g/mol. The molecule has 21 heavy (non-hydrogen) atoms. The van der Waals surface area contributed by atoms with E-state index in [2.05, 4.69) is 14.8 Å². The Morgan fingerprint density at radius 3 is 2.95 bits per heavy atom. The molecule has 1 aromatic heterocycles. The molecule has 1 aromatic rings. The van der Waals surface area contributed by atoms with Crippen LogP contribution in [0.3, 0.4) is 0 Å². The molecule has 0 unspecified atom stereocenters. The Hall–Kier alpha value is -1.86. The van der Waals surface area contributed by atoms with Gasteiger partial charge in [0.15, 0.2) is 0 Å². The lowest BCUT2D eigenvalue weighted by molar-refractivity contribution is 0.0601. The molecule has 0 spiro atoms. The molecule has 2 rings (SSSR count). The largest absolute Gasteiger partial charge is 0.465 e. The average Bonchev–Trinajstić information content (AvgIpc) is 2.72. The summed E-state index contributed by atoms with van der Waals surface area (Å²) in [5, 5.41) is 9.03. The quantitative estimate of drug-likeness (QED) is 0.752. The molecule has 0 saturated carbocycles. The minimum atomic E-state index is -0.429. The lowest BCUT2D eigenvalue weighted by Crippen LogP contribution is -2.33. The first-order valence-electron chi connectivity index (χ1n) is 7.07. The van der Waals surface area contributed by atoms with E-state index in [1.54, 1.807) is 12.3 Å². The zero-order chi connectivity index (χ0) is 15.2. The van der Waals surface area contributed by atoms with E-state index in [1.165, 1.54) is 7.11 Å². The van der Waals surface area contributed by atoms with Gasteiger partial charge in [-0.1, -0.05) is 0 Å². The minimum Gasteiger partial charge on any atom is -0.465 e. The van der Waals surface area contributed by atoms with Crippen LogP contribution in [-0.2, 0) is 4.74 Å². The highest BCUT2D eigenvalue weighted by atomic mass is 16.5. The minimum absolute atomic E-state index is 0.160. The Labute approximate surface area is 124 Å². The number of pyridine rings is 1. The number of aliphatic hydroxyl groups is 1. The second kappa shape index (κ2) is 7.24. The average molecular weight is 294 g/mol. The molecule has 0 bridgehead atoms. The number of nitrogens with zero attached hydrogens (tertiary/aromatic N) is 3. The van der Waals surface area contributed by atoms with Crippen LogP contribution in [0.5, 0.6) is 0 Å². The van der Waals surface area contributed by atoms with Crippen LogP contribution in [0, 0.1) is 0 Å². The number of ether oxygens (including phenoxy) is 1. The molecule has 1 aliphatic heterocycles. The SMILES string of the molecule is COC(=O)c1cc(N)cnc1N1CCCN(CCO)CC1. The number of nitrogen functional groups attached to an aromatic ring is 1. The number of methoxy groups -OCH3 is 1. The van der Waals surface area contributed by atoms with Crippen molar-refractivity contribution in [2.45, 2.75) is 6.42 Å². The van der Waals surface area contributed by atoms with E-state index in [4.69, 9.17) is 15.6 Å². The molecular weight excluding hydrogens is 272 g/mol. The molecule has 2 heterocycles. The summed E-state index contributed by atoms with van der Waals surface area (Å²) in [6.07, 6.45) is 2.50. The molecule has 1 aliphatic rings. The molecular formula is C14H22N4O3. The summed E-state index contributed by atoms with van der Waals surface area (Å²) in [6.45, 7) is 4.15. The van der Waals surface area contributed by atoms with Crippen molar-refractivity contribution >= 4 is 17.5 Å². The van der Waals surface area contributed by atoms with E-state index in [1.807, 2.05) is 0 Å². The molecule has 0 amide bonds. The third-order valence-corrected chi connectivity index (χ3v) is 3.60. The van der Waals surface area contributed by atoms with Crippen molar-refractivity contribution in [3.8, 4) is 0 Å². The Bertz CT molecular complexity index is 495. The van der Waals surface area contributed by atoms with Crippen molar-refractivity contribution in [3.05, 3.63) is 17.8 Å². The lowest BCUT2D eigenvalue weighted by Gasteiger charge is -2.24. The summed E-state index contributed by atoms with van der Waals surface area (Å²) < 4.78 is 4.81. The number of carbonyl (C=O) groups is 1. The summed E-state index contributed by atoms with van der Waals surface area (Å²) in [5.41, 5.74) is 6.55. The predicted octanol–water partition coefficient (Wildman–Crippen LogP) is -0.0452. The van der Waals surface area contributed by atoms with Gasteiger partial charge >= 0.3 is 5.97 Å². The van der Waals surface area contributed by atoms with Gasteiger partial charge in [-0.3, -0.25) is 4.90 Å². The maximum absolute atomic E-state index is 11.9. The molecule has 3 N–H and O–H groups in total. The van der Waals surface area contributed by atoms with E-state index >= 15 is 0 Å². The van der Waals surface area contributed by atoms with Gasteiger partial charge in [-0.25, -0.2) is 9.78 Å². The lowest BCUT2D eigenvalue weighted by atomic mass is 10.2. The van der Waals surface area contributed by atoms with Crippen LogP contribution in [0.25, 0.3) is 0 Å². The summed E-state index contributed by atoms with van der Waals surface area (Å²) >= 11 is 0. The topological polar surface area (TPSA) is 91.9 Å². The van der Waals surface area contributed by atoms with Crippen LogP contribution in [0.4, 0.5) is 11.5 Å². The summed E-state index contributed by atoms with van der Waals surface area (Å²) in [6, 6.07) is 1.60. The molecule has 0 atom stereocenters. The van der Waals surface area contributed by atoms with Crippen molar-refractivity contribution < 1.29 is 14.6 Å². The van der Waals surface area contributed by atoms with Crippen LogP contribution in [-0.4, -0.2) is 67.4 Å². The van der Waals surface area contributed by atoms with Gasteiger partial charge in [0.25, 0.3) is 0 Å². The number of anilines is 2. The van der Waals surface area contributed by atoms with Gasteiger partial charge in [0, 0.05) is 26.2 Å². The Balaban J connectivity index is 2.19. The number of hydrogen-bond acceptors (Lipinski definition) is 7. The van der Waals surface area contributed by atoms with Crippen molar-refractivity contribution in [1.29, 1.82) is 0 Å². The van der Waals surface area contributed by atoms with Gasteiger partial charge in [-0.15, -0.1) is 0 Å². The van der Waals surface area contributed by atoms with Crippen molar-refractivity contribution in [3.63, 3.8) is 0 Å². The fourth-order valence-corrected chi connectivity index (χ4v) is 2.53. The molecule has 0 radical (unpaired) electrons. The second-order valence-electron chi connectivity index (χ2n) is 5.04. The van der Waals surface area contributed by atoms with Gasteiger partial charge in [0.05, 0.1) is 25.6 Å². The van der Waals surface area contributed by atoms with Gasteiger partial charge in [0.1, 0.15) is 11.4 Å². The number of carbonyl (C=O) groups excluding carboxylic acids is 1. The van der Waals surface area contributed by atoms with Crippen LogP contribution in [0.1, 0.15) is 16.8 Å². The number of β-amino-alcohol motifs (C(OH)–C–C–N with tert-alkyl or cyclic N) is 1. The predicted molar refractivity (Wildman–Crippen MR) is 80.3 cm³/mol. The molecule has 116 valence electrons. The smallest absolute Gasteiger partial charge is 0.341 e. The number of esters is 1. The van der Waals surface area contributed by atoms with Crippen LogP contribution >= 0.6 is 0 Å². The van der Waals surface area contributed by atoms with E-state index in [9.17, 15) is 4.79 Å². The van der Waals surface area contributed by atoms with Crippen LogP contribution in [0.2, 0.25) is 0 Å². The van der Waals surface area contributed by atoms with Crippen molar-refractivity contribution in [1.82, 2.24) is 9.88 Å². The zero-order valence-electron chi connectivity index (χ0n) is 12.3. The molecule has 0 aromatic carbocycles. The Morgan fingerprint density at radius 2 is 2.24 bits per heavy atom. The van der Waals surface area contributed by atoms with Gasteiger partial charge in [-0.05, 0) is 19.0 Å². The number of aliphatic hydroxyl groups excluding tert-OH is 1. The van der Waals surface area contributed by atoms with Crippen molar-refractivity contribution in [2.75, 3.05) is 57.1 Å². The highest BCUT2D eigenvalue weighted by Crippen LogP contribution is 2.22. The summed E-state index contributed by atoms with van der Waals surface area (Å²) in [5.74, 6) is 0.183. The first kappa shape index (κ1) is 15.5. The van der Waals surface area contributed by atoms with Gasteiger partial charge < -0.3 is 20.5 Å². The molecule has 1 saturated heterocycles. The van der Waals surface area contributed by atoms with Gasteiger partial charge in [-0.2, -0.15) is 0 Å². The normalized spacial score (nSPS) is 16.6. The maximum atomic E-state index is 11.9. The van der Waals surface area contributed by atoms with E-state index in [0.29, 0.717) is 23.6 Å². The fraction of sp³-hybridized carbons (Fsp3) is 0.571. The highest BCUT2D eigenvalue weighted by molar-refractivity contribution is 5.95. The van der Waals surface area contributed by atoms with E-state index in [0.717, 1.165) is 32.6 Å².